The lowest BCUT2D eigenvalue weighted by atomic mass is 9.98. The quantitative estimate of drug-likeness (QED) is 0.388. The molecule has 3 aromatic carbocycles. The van der Waals surface area contributed by atoms with Crippen molar-refractivity contribution in [3.8, 4) is 0 Å². The summed E-state index contributed by atoms with van der Waals surface area (Å²) in [7, 11) is -1.41. The average Bonchev–Trinajstić information content (AvgIpc) is 3.28. The van der Waals surface area contributed by atoms with Gasteiger partial charge in [0, 0.05) is 0 Å². The minimum absolute atomic E-state index is 0.193. The highest BCUT2D eigenvalue weighted by molar-refractivity contribution is 8.33. The van der Waals surface area contributed by atoms with E-state index in [0.717, 1.165) is 32.1 Å². The molecule has 0 spiro atoms. The fourth-order valence-electron chi connectivity index (χ4n) is 4.46. The molecule has 3 heteroatoms. The van der Waals surface area contributed by atoms with Crippen molar-refractivity contribution in [3.05, 3.63) is 90.5 Å². The SMILES string of the molecule is CCC1(OC(=O)c2ccc(S(C)(c3ccccc3)c3ccccc3)cc2)CCCC1. The molecule has 0 radical (unpaired) electrons. The summed E-state index contributed by atoms with van der Waals surface area (Å²) in [5, 5.41) is 0. The molecular weight excluding hydrogens is 388 g/mol. The van der Waals surface area contributed by atoms with Crippen molar-refractivity contribution in [2.45, 2.75) is 59.3 Å². The molecule has 4 rings (SSSR count). The largest absolute Gasteiger partial charge is 0.455 e. The molecule has 3 aromatic rings. The van der Waals surface area contributed by atoms with Gasteiger partial charge in [0.2, 0.25) is 0 Å². The number of rotatable bonds is 6. The summed E-state index contributed by atoms with van der Waals surface area (Å²) in [6.07, 6.45) is 7.48. The third kappa shape index (κ3) is 3.91. The molecule has 0 atom stereocenters. The van der Waals surface area contributed by atoms with Crippen molar-refractivity contribution in [2.75, 3.05) is 6.26 Å². The van der Waals surface area contributed by atoms with Crippen molar-refractivity contribution in [1.82, 2.24) is 0 Å². The Morgan fingerprint density at radius 1 is 0.800 bits per heavy atom. The number of hydrogen-bond acceptors (Lipinski definition) is 2. The standard InChI is InChI=1S/C27H30O2S/c1-3-27(20-10-11-21-27)29-26(28)22-16-18-25(19-17-22)30(2,23-12-6-4-7-13-23)24-14-8-5-9-15-24/h4-9,12-19H,3,10-11,20-21H2,1-2H3. The Morgan fingerprint density at radius 2 is 1.27 bits per heavy atom. The normalized spacial score (nSPS) is 16.2. The molecule has 0 aromatic heterocycles. The maximum Gasteiger partial charge on any atom is 0.338 e. The van der Waals surface area contributed by atoms with E-state index in [-0.39, 0.29) is 11.6 Å². The summed E-state index contributed by atoms with van der Waals surface area (Å²) >= 11 is 0. The number of esters is 1. The van der Waals surface area contributed by atoms with Gasteiger partial charge in [-0.3, -0.25) is 0 Å². The van der Waals surface area contributed by atoms with E-state index in [9.17, 15) is 4.79 Å². The Bertz CT molecular complexity index is 935. The Hall–Kier alpha value is -2.52. The van der Waals surface area contributed by atoms with Crippen molar-refractivity contribution >= 4 is 16.0 Å². The van der Waals surface area contributed by atoms with E-state index in [1.165, 1.54) is 14.7 Å². The number of hydrogen-bond donors (Lipinski definition) is 0. The topological polar surface area (TPSA) is 26.3 Å². The van der Waals surface area contributed by atoms with Gasteiger partial charge in [-0.25, -0.2) is 4.79 Å². The van der Waals surface area contributed by atoms with Gasteiger partial charge in [-0.15, -0.1) is 0 Å². The molecule has 0 amide bonds. The smallest absolute Gasteiger partial charge is 0.338 e. The first-order valence-corrected chi connectivity index (χ1v) is 12.8. The van der Waals surface area contributed by atoms with Crippen LogP contribution in [0.1, 0.15) is 49.4 Å². The van der Waals surface area contributed by atoms with Gasteiger partial charge in [-0.1, -0.05) is 43.3 Å². The molecule has 0 unspecified atom stereocenters. The summed E-state index contributed by atoms with van der Waals surface area (Å²) < 4.78 is 6.00. The summed E-state index contributed by atoms with van der Waals surface area (Å²) in [5.74, 6) is -0.193. The Labute approximate surface area is 181 Å². The van der Waals surface area contributed by atoms with Crippen molar-refractivity contribution in [1.29, 1.82) is 0 Å². The van der Waals surface area contributed by atoms with Crippen molar-refractivity contribution in [2.24, 2.45) is 0 Å². The first-order valence-electron chi connectivity index (χ1n) is 10.8. The highest BCUT2D eigenvalue weighted by Crippen LogP contribution is 2.65. The van der Waals surface area contributed by atoms with E-state index in [1.54, 1.807) is 0 Å². The molecular formula is C27H30O2S. The zero-order valence-electron chi connectivity index (χ0n) is 17.8. The lowest BCUT2D eigenvalue weighted by molar-refractivity contribution is -0.0172. The van der Waals surface area contributed by atoms with Gasteiger partial charge in [0.15, 0.2) is 0 Å². The van der Waals surface area contributed by atoms with Gasteiger partial charge in [0.1, 0.15) is 5.60 Å². The zero-order chi connectivity index (χ0) is 21.0. The fourth-order valence-corrected chi connectivity index (χ4v) is 7.36. The first kappa shape index (κ1) is 20.7. The molecule has 1 aliphatic carbocycles. The minimum Gasteiger partial charge on any atom is -0.455 e. The van der Waals surface area contributed by atoms with Gasteiger partial charge in [-0.2, -0.15) is 10.0 Å². The molecule has 156 valence electrons. The van der Waals surface area contributed by atoms with Crippen LogP contribution in [0.15, 0.2) is 99.6 Å². The van der Waals surface area contributed by atoms with Crippen LogP contribution in [0, 0.1) is 0 Å². The van der Waals surface area contributed by atoms with Crippen molar-refractivity contribution < 1.29 is 9.53 Å². The molecule has 1 saturated carbocycles. The molecule has 0 aliphatic heterocycles. The van der Waals surface area contributed by atoms with Crippen LogP contribution in [0.5, 0.6) is 0 Å². The van der Waals surface area contributed by atoms with Gasteiger partial charge in [-0.05, 0) is 102 Å². The van der Waals surface area contributed by atoms with E-state index >= 15 is 0 Å². The van der Waals surface area contributed by atoms with E-state index in [1.807, 2.05) is 12.1 Å². The number of carbonyl (C=O) groups is 1. The maximum atomic E-state index is 12.9. The second-order valence-electron chi connectivity index (χ2n) is 8.20. The molecule has 0 heterocycles. The Morgan fingerprint density at radius 3 is 1.73 bits per heavy atom. The lowest BCUT2D eigenvalue weighted by Gasteiger charge is -2.37. The molecule has 2 nitrogen and oxygen atoms in total. The van der Waals surface area contributed by atoms with Crippen LogP contribution in [-0.4, -0.2) is 17.8 Å². The third-order valence-corrected chi connectivity index (χ3v) is 10.1. The average molecular weight is 419 g/mol. The minimum atomic E-state index is -1.41. The Kier molecular flexibility index (Phi) is 6.01. The Balaban J connectivity index is 1.66. The molecule has 1 fully saturated rings. The van der Waals surface area contributed by atoms with Crippen LogP contribution in [0.3, 0.4) is 0 Å². The molecule has 0 N–H and O–H groups in total. The fraction of sp³-hybridized carbons (Fsp3) is 0.296. The van der Waals surface area contributed by atoms with Crippen LogP contribution in [-0.2, 0) is 4.74 Å². The van der Waals surface area contributed by atoms with Crippen LogP contribution < -0.4 is 0 Å². The molecule has 0 saturated heterocycles. The zero-order valence-corrected chi connectivity index (χ0v) is 18.7. The van der Waals surface area contributed by atoms with E-state index in [4.69, 9.17) is 4.74 Å². The predicted molar refractivity (Wildman–Crippen MR) is 125 cm³/mol. The molecule has 1 aliphatic rings. The van der Waals surface area contributed by atoms with E-state index in [0.29, 0.717) is 5.56 Å². The lowest BCUT2D eigenvalue weighted by Crippen LogP contribution is -2.31. The van der Waals surface area contributed by atoms with Gasteiger partial charge in [0.05, 0.1) is 5.56 Å². The first-order chi connectivity index (χ1) is 14.6. The third-order valence-electron chi connectivity index (χ3n) is 6.46. The van der Waals surface area contributed by atoms with Crippen LogP contribution in [0.25, 0.3) is 0 Å². The van der Waals surface area contributed by atoms with Crippen LogP contribution >= 0.6 is 10.0 Å². The number of carbonyl (C=O) groups excluding carboxylic acids is 1. The molecule has 0 bridgehead atoms. The number of ether oxygens (including phenoxy) is 1. The predicted octanol–water partition coefficient (Wildman–Crippen LogP) is 7.48. The summed E-state index contributed by atoms with van der Waals surface area (Å²) in [6, 6.07) is 29.4. The van der Waals surface area contributed by atoms with Crippen LogP contribution in [0.4, 0.5) is 0 Å². The van der Waals surface area contributed by atoms with Gasteiger partial charge in [0.25, 0.3) is 0 Å². The second kappa shape index (κ2) is 8.69. The summed E-state index contributed by atoms with van der Waals surface area (Å²) in [5.41, 5.74) is 0.380. The second-order valence-corrected chi connectivity index (χ2v) is 11.5. The number of benzene rings is 3. The maximum absolute atomic E-state index is 12.9. The monoisotopic (exact) mass is 418 g/mol. The van der Waals surface area contributed by atoms with Crippen LogP contribution in [0.2, 0.25) is 0 Å². The van der Waals surface area contributed by atoms with E-state index in [2.05, 4.69) is 86.0 Å². The van der Waals surface area contributed by atoms with Gasteiger partial charge < -0.3 is 4.74 Å². The van der Waals surface area contributed by atoms with Crippen molar-refractivity contribution in [3.63, 3.8) is 0 Å². The highest BCUT2D eigenvalue weighted by Gasteiger charge is 2.36. The van der Waals surface area contributed by atoms with Gasteiger partial charge >= 0.3 is 5.97 Å². The summed E-state index contributed by atoms with van der Waals surface area (Å²) in [6.45, 7) is 2.12. The highest BCUT2D eigenvalue weighted by atomic mass is 32.3. The molecule has 30 heavy (non-hydrogen) atoms. The van der Waals surface area contributed by atoms with E-state index < -0.39 is 10.0 Å². The summed E-state index contributed by atoms with van der Waals surface area (Å²) in [4.78, 5) is 16.7.